The van der Waals surface area contributed by atoms with E-state index in [0.717, 1.165) is 0 Å². The number of methoxy groups -OCH3 is 1. The van der Waals surface area contributed by atoms with Crippen LogP contribution < -0.4 is 21.1 Å². The summed E-state index contributed by atoms with van der Waals surface area (Å²) in [6.45, 7) is 3.66. The molecule has 0 spiro atoms. The molecule has 1 rings (SSSR count). The minimum absolute atomic E-state index is 0.0641. The van der Waals surface area contributed by atoms with Gasteiger partial charge in [-0.2, -0.15) is 0 Å². The number of rotatable bonds is 5. The van der Waals surface area contributed by atoms with Crippen LogP contribution in [0.5, 0.6) is 5.75 Å². The number of anilines is 1. The summed E-state index contributed by atoms with van der Waals surface area (Å²) >= 11 is 0. The number of hydrogen-bond acceptors (Lipinski definition) is 3. The van der Waals surface area contributed by atoms with Gasteiger partial charge >= 0.3 is 6.03 Å². The Kier molecular flexibility index (Phi) is 5.17. The number of nitrogens with two attached hydrogens (primary N) is 1. The van der Waals surface area contributed by atoms with Crippen LogP contribution in [-0.4, -0.2) is 25.1 Å². The van der Waals surface area contributed by atoms with Crippen LogP contribution in [0, 0.1) is 5.92 Å². The largest absolute Gasteiger partial charge is 0.497 e. The molecule has 4 N–H and O–H groups in total. The fraction of sp³-hybridized carbons (Fsp3) is 0.385. The zero-order valence-electron chi connectivity index (χ0n) is 11.3. The second kappa shape index (κ2) is 6.63. The Balaban J connectivity index is 2.72. The topological polar surface area (TPSA) is 93.4 Å². The molecule has 104 valence electrons. The van der Waals surface area contributed by atoms with Gasteiger partial charge in [0.1, 0.15) is 11.8 Å². The second-order valence-corrected chi connectivity index (χ2v) is 4.45. The van der Waals surface area contributed by atoms with Crippen molar-refractivity contribution in [2.45, 2.75) is 19.9 Å². The third-order valence-electron chi connectivity index (χ3n) is 2.60. The number of amides is 3. The van der Waals surface area contributed by atoms with E-state index >= 15 is 0 Å². The molecule has 3 amide bonds. The first-order valence-corrected chi connectivity index (χ1v) is 5.95. The molecule has 0 heterocycles. The fourth-order valence-electron chi connectivity index (χ4n) is 1.58. The Morgan fingerprint density at radius 3 is 2.21 bits per heavy atom. The molecule has 0 saturated carbocycles. The molecule has 1 atom stereocenters. The van der Waals surface area contributed by atoms with Crippen molar-refractivity contribution in [1.82, 2.24) is 5.32 Å². The summed E-state index contributed by atoms with van der Waals surface area (Å²) in [6, 6.07) is 5.53. The minimum atomic E-state index is -0.719. The molecule has 1 unspecified atom stereocenters. The maximum Gasteiger partial charge on any atom is 0.312 e. The van der Waals surface area contributed by atoms with Gasteiger partial charge in [-0.15, -0.1) is 0 Å². The Bertz CT molecular complexity index is 443. The van der Waals surface area contributed by atoms with Crippen molar-refractivity contribution < 1.29 is 14.3 Å². The van der Waals surface area contributed by atoms with E-state index in [1.54, 1.807) is 31.4 Å². The first-order valence-electron chi connectivity index (χ1n) is 5.95. The highest BCUT2D eigenvalue weighted by Gasteiger charge is 2.23. The summed E-state index contributed by atoms with van der Waals surface area (Å²) in [5.74, 6) is 0.332. The van der Waals surface area contributed by atoms with Crippen molar-refractivity contribution in [2.24, 2.45) is 11.7 Å². The van der Waals surface area contributed by atoms with Gasteiger partial charge in [-0.3, -0.25) is 4.79 Å². The van der Waals surface area contributed by atoms with Gasteiger partial charge in [-0.25, -0.2) is 4.79 Å². The van der Waals surface area contributed by atoms with E-state index in [2.05, 4.69) is 10.6 Å². The van der Waals surface area contributed by atoms with Gasteiger partial charge in [-0.05, 0) is 30.2 Å². The van der Waals surface area contributed by atoms with Crippen LogP contribution in [-0.2, 0) is 4.79 Å². The van der Waals surface area contributed by atoms with E-state index in [0.29, 0.717) is 11.4 Å². The van der Waals surface area contributed by atoms with Crippen molar-refractivity contribution in [3.8, 4) is 5.75 Å². The molecule has 0 saturated heterocycles. The van der Waals surface area contributed by atoms with E-state index in [1.165, 1.54) is 0 Å². The summed E-state index contributed by atoms with van der Waals surface area (Å²) in [6.07, 6.45) is 0. The van der Waals surface area contributed by atoms with E-state index in [4.69, 9.17) is 10.5 Å². The van der Waals surface area contributed by atoms with Gasteiger partial charge < -0.3 is 21.1 Å². The summed E-state index contributed by atoms with van der Waals surface area (Å²) in [7, 11) is 1.57. The van der Waals surface area contributed by atoms with Gasteiger partial charge in [0.05, 0.1) is 7.11 Å². The molecule has 0 aliphatic heterocycles. The maximum atomic E-state index is 12.0. The molecule has 19 heavy (non-hydrogen) atoms. The van der Waals surface area contributed by atoms with Crippen LogP contribution in [0.2, 0.25) is 0 Å². The maximum absolute atomic E-state index is 12.0. The van der Waals surface area contributed by atoms with Gasteiger partial charge in [0.15, 0.2) is 0 Å². The number of hydrogen-bond donors (Lipinski definition) is 3. The molecule has 0 aliphatic rings. The van der Waals surface area contributed by atoms with Gasteiger partial charge in [0.2, 0.25) is 5.91 Å². The molecule has 0 aliphatic carbocycles. The Morgan fingerprint density at radius 2 is 1.79 bits per heavy atom. The second-order valence-electron chi connectivity index (χ2n) is 4.45. The number of primary amides is 1. The average Bonchev–Trinajstić information content (AvgIpc) is 2.36. The molecule has 0 radical (unpaired) electrons. The lowest BCUT2D eigenvalue weighted by Crippen LogP contribution is -2.49. The summed E-state index contributed by atoms with van der Waals surface area (Å²) < 4.78 is 5.03. The number of carbonyl (C=O) groups is 2. The number of nitrogens with one attached hydrogen (secondary N) is 2. The lowest BCUT2D eigenvalue weighted by atomic mass is 10.0. The predicted molar refractivity (Wildman–Crippen MR) is 73.0 cm³/mol. The lowest BCUT2D eigenvalue weighted by molar-refractivity contribution is -0.118. The summed E-state index contributed by atoms with van der Waals surface area (Å²) in [5, 5.41) is 5.14. The summed E-state index contributed by atoms with van der Waals surface area (Å²) in [5.41, 5.74) is 5.68. The molecule has 6 nitrogen and oxygen atoms in total. The molecule has 1 aromatic carbocycles. The molecule has 0 bridgehead atoms. The van der Waals surface area contributed by atoms with Crippen LogP contribution in [0.3, 0.4) is 0 Å². The Labute approximate surface area is 112 Å². The molecule has 1 aromatic rings. The highest BCUT2D eigenvalue weighted by atomic mass is 16.5. The standard InChI is InChI=1S/C13H19N3O3/c1-8(2)11(16-13(14)18)12(17)15-9-4-6-10(19-3)7-5-9/h4-8,11H,1-3H3,(H,15,17)(H3,14,16,18). The Morgan fingerprint density at radius 1 is 1.21 bits per heavy atom. The first-order chi connectivity index (χ1) is 8.93. The zero-order chi connectivity index (χ0) is 14.4. The van der Waals surface area contributed by atoms with Crippen LogP contribution in [0.1, 0.15) is 13.8 Å². The fourth-order valence-corrected chi connectivity index (χ4v) is 1.58. The minimum Gasteiger partial charge on any atom is -0.497 e. The SMILES string of the molecule is COc1ccc(NC(=O)C(NC(N)=O)C(C)C)cc1. The molecule has 0 aromatic heterocycles. The molecule has 0 fully saturated rings. The van der Waals surface area contributed by atoms with E-state index in [1.807, 2.05) is 13.8 Å². The van der Waals surface area contributed by atoms with Crippen molar-refractivity contribution in [3.05, 3.63) is 24.3 Å². The van der Waals surface area contributed by atoms with Gasteiger partial charge in [-0.1, -0.05) is 13.8 Å². The Hall–Kier alpha value is -2.24. The summed E-state index contributed by atoms with van der Waals surface area (Å²) in [4.78, 5) is 22.9. The van der Waals surface area contributed by atoms with Gasteiger partial charge in [0.25, 0.3) is 0 Å². The van der Waals surface area contributed by atoms with Crippen LogP contribution >= 0.6 is 0 Å². The van der Waals surface area contributed by atoms with Crippen molar-refractivity contribution >= 4 is 17.6 Å². The molecular formula is C13H19N3O3. The van der Waals surface area contributed by atoms with E-state index in [-0.39, 0.29) is 11.8 Å². The molecular weight excluding hydrogens is 246 g/mol. The van der Waals surface area contributed by atoms with Crippen LogP contribution in [0.4, 0.5) is 10.5 Å². The van der Waals surface area contributed by atoms with Crippen LogP contribution in [0.15, 0.2) is 24.3 Å². The average molecular weight is 265 g/mol. The van der Waals surface area contributed by atoms with E-state index in [9.17, 15) is 9.59 Å². The van der Waals surface area contributed by atoms with Crippen molar-refractivity contribution in [2.75, 3.05) is 12.4 Å². The normalized spacial score (nSPS) is 11.8. The highest BCUT2D eigenvalue weighted by molar-refractivity contribution is 5.97. The van der Waals surface area contributed by atoms with Gasteiger partial charge in [0, 0.05) is 5.69 Å². The van der Waals surface area contributed by atoms with Crippen LogP contribution in [0.25, 0.3) is 0 Å². The third kappa shape index (κ3) is 4.50. The zero-order valence-corrected chi connectivity index (χ0v) is 11.3. The smallest absolute Gasteiger partial charge is 0.312 e. The first kappa shape index (κ1) is 14.8. The number of urea groups is 1. The number of ether oxygens (including phenoxy) is 1. The van der Waals surface area contributed by atoms with Crippen molar-refractivity contribution in [1.29, 1.82) is 0 Å². The molecule has 6 heteroatoms. The number of carbonyl (C=O) groups excluding carboxylic acids is 2. The predicted octanol–water partition coefficient (Wildman–Crippen LogP) is 1.33. The monoisotopic (exact) mass is 265 g/mol. The quantitative estimate of drug-likeness (QED) is 0.749. The third-order valence-corrected chi connectivity index (χ3v) is 2.60. The number of benzene rings is 1. The lowest BCUT2D eigenvalue weighted by Gasteiger charge is -2.20. The van der Waals surface area contributed by atoms with Crippen molar-refractivity contribution in [3.63, 3.8) is 0 Å². The highest BCUT2D eigenvalue weighted by Crippen LogP contribution is 2.15. The van der Waals surface area contributed by atoms with E-state index < -0.39 is 12.1 Å².